The summed E-state index contributed by atoms with van der Waals surface area (Å²) in [6.45, 7) is 0.920. The van der Waals surface area contributed by atoms with Crippen molar-refractivity contribution in [1.82, 2.24) is 4.98 Å². The first-order valence-electron chi connectivity index (χ1n) is 7.60. The van der Waals surface area contributed by atoms with E-state index < -0.39 is 29.8 Å². The van der Waals surface area contributed by atoms with Gasteiger partial charge in [-0.05, 0) is 18.2 Å². The van der Waals surface area contributed by atoms with Crippen LogP contribution >= 0.6 is 0 Å². The Labute approximate surface area is 131 Å². The Balaban J connectivity index is 1.58. The van der Waals surface area contributed by atoms with E-state index >= 15 is 0 Å². The molecule has 0 aliphatic carbocycles. The van der Waals surface area contributed by atoms with Crippen LogP contribution in [0.1, 0.15) is 0 Å². The lowest BCUT2D eigenvalue weighted by Crippen LogP contribution is -2.49. The lowest BCUT2D eigenvalue weighted by atomic mass is 9.76. The van der Waals surface area contributed by atoms with E-state index in [1.54, 1.807) is 24.5 Å². The van der Waals surface area contributed by atoms with E-state index in [2.05, 4.69) is 4.98 Å². The molecule has 0 spiro atoms. The Bertz CT molecular complexity index is 714. The molecule has 0 saturated carbocycles. The number of fused-ring (bicyclic) bond motifs is 5. The first kappa shape index (κ1) is 13.4. The summed E-state index contributed by atoms with van der Waals surface area (Å²) in [4.78, 5) is 31.0. The van der Waals surface area contributed by atoms with E-state index in [4.69, 9.17) is 14.2 Å². The van der Waals surface area contributed by atoms with Gasteiger partial charge in [0.2, 0.25) is 11.8 Å². The van der Waals surface area contributed by atoms with Crippen LogP contribution < -0.4 is 4.90 Å². The van der Waals surface area contributed by atoms with Crippen LogP contribution in [0, 0.1) is 11.8 Å². The van der Waals surface area contributed by atoms with Gasteiger partial charge in [0.05, 0.1) is 36.8 Å². The average Bonchev–Trinajstić information content (AvgIpc) is 3.32. The number of rotatable bonds is 2. The molecule has 118 valence electrons. The van der Waals surface area contributed by atoms with Gasteiger partial charge in [0.25, 0.3) is 0 Å². The molecule has 5 rings (SSSR count). The monoisotopic (exact) mass is 314 g/mol. The summed E-state index contributed by atoms with van der Waals surface area (Å²) in [5.41, 5.74) is -0.465. The van der Waals surface area contributed by atoms with Crippen LogP contribution in [-0.2, 0) is 23.8 Å². The number of anilines is 1. The maximum Gasteiger partial charge on any atom is 0.241 e. The highest BCUT2D eigenvalue weighted by Crippen LogP contribution is 2.54. The van der Waals surface area contributed by atoms with Gasteiger partial charge in [-0.2, -0.15) is 0 Å². The number of nitrogens with zero attached hydrogens (tertiary/aromatic N) is 2. The smallest absolute Gasteiger partial charge is 0.241 e. The molecule has 0 aromatic carbocycles. The summed E-state index contributed by atoms with van der Waals surface area (Å²) in [6, 6.07) is 3.31. The molecular weight excluding hydrogens is 300 g/mol. The zero-order valence-electron chi connectivity index (χ0n) is 12.1. The fourth-order valence-electron chi connectivity index (χ4n) is 4.07. The van der Waals surface area contributed by atoms with Gasteiger partial charge >= 0.3 is 0 Å². The van der Waals surface area contributed by atoms with E-state index in [1.165, 1.54) is 4.90 Å². The lowest BCUT2D eigenvalue weighted by Gasteiger charge is -2.32. The molecule has 4 atom stereocenters. The fourth-order valence-corrected chi connectivity index (χ4v) is 4.07. The molecule has 3 saturated heterocycles. The number of hydrogen-bond acceptors (Lipinski definition) is 6. The molecule has 4 aliphatic heterocycles. The second-order valence-electron chi connectivity index (χ2n) is 6.09. The van der Waals surface area contributed by atoms with Crippen molar-refractivity contribution in [1.29, 1.82) is 0 Å². The van der Waals surface area contributed by atoms with Gasteiger partial charge < -0.3 is 14.2 Å². The van der Waals surface area contributed by atoms with Gasteiger partial charge in [0, 0.05) is 12.4 Å². The second kappa shape index (κ2) is 4.47. The Hall–Kier alpha value is -2.09. The highest BCUT2D eigenvalue weighted by molar-refractivity contribution is 6.23. The topological polar surface area (TPSA) is 78.0 Å². The van der Waals surface area contributed by atoms with Crippen LogP contribution in [0.5, 0.6) is 0 Å². The number of aromatic nitrogens is 1. The van der Waals surface area contributed by atoms with Crippen LogP contribution in [0.4, 0.5) is 5.69 Å². The van der Waals surface area contributed by atoms with E-state index in [9.17, 15) is 9.59 Å². The highest BCUT2D eigenvalue weighted by Gasteiger charge is 2.71. The first-order valence-corrected chi connectivity index (χ1v) is 7.60. The van der Waals surface area contributed by atoms with Crippen molar-refractivity contribution >= 4 is 17.5 Å². The van der Waals surface area contributed by atoms with Crippen molar-refractivity contribution in [3.05, 3.63) is 36.7 Å². The van der Waals surface area contributed by atoms with Crippen molar-refractivity contribution in [2.45, 2.75) is 18.0 Å². The Morgan fingerprint density at radius 1 is 1.13 bits per heavy atom. The summed E-state index contributed by atoms with van der Waals surface area (Å²) < 4.78 is 17.2. The molecular formula is C16H14N2O5. The molecule has 3 fully saturated rings. The molecule has 1 aromatic heterocycles. The first-order chi connectivity index (χ1) is 11.2. The second-order valence-corrected chi connectivity index (χ2v) is 6.09. The van der Waals surface area contributed by atoms with Gasteiger partial charge in [0.1, 0.15) is 0 Å². The number of carbonyl (C=O) groups excluding carboxylic acids is 2. The van der Waals surface area contributed by atoms with Crippen molar-refractivity contribution < 1.29 is 23.8 Å². The summed E-state index contributed by atoms with van der Waals surface area (Å²) in [5, 5.41) is 0. The minimum Gasteiger partial charge on any atom is -0.357 e. The number of imide groups is 1. The predicted octanol–water partition coefficient (Wildman–Crippen LogP) is 0.267. The van der Waals surface area contributed by atoms with Crippen LogP contribution in [0.2, 0.25) is 0 Å². The molecule has 2 amide bonds. The van der Waals surface area contributed by atoms with Crippen molar-refractivity contribution in [3.63, 3.8) is 0 Å². The maximum atomic E-state index is 13.0. The number of ether oxygens (including phenoxy) is 3. The minimum absolute atomic E-state index is 0.236. The minimum atomic E-state index is -1.000. The SMILES string of the molecule is O=C1[C@H]2[C@H]3C=C[C@@](C4OCCO4)(O3)[C@H]2C(=O)N1c1ccncc1. The van der Waals surface area contributed by atoms with Crippen LogP contribution in [0.3, 0.4) is 0 Å². The summed E-state index contributed by atoms with van der Waals surface area (Å²) in [6.07, 6.45) is 5.74. The van der Waals surface area contributed by atoms with Crippen LogP contribution in [-0.4, -0.2) is 48.0 Å². The number of hydrogen-bond donors (Lipinski definition) is 0. The fraction of sp³-hybridized carbons (Fsp3) is 0.438. The number of amides is 2. The third kappa shape index (κ3) is 1.56. The van der Waals surface area contributed by atoms with Gasteiger partial charge in [-0.1, -0.05) is 6.08 Å². The summed E-state index contributed by atoms with van der Waals surface area (Å²) >= 11 is 0. The molecule has 7 heteroatoms. The van der Waals surface area contributed by atoms with E-state index in [1.807, 2.05) is 12.2 Å². The van der Waals surface area contributed by atoms with Gasteiger partial charge in [-0.15, -0.1) is 0 Å². The van der Waals surface area contributed by atoms with Crippen molar-refractivity contribution in [2.24, 2.45) is 11.8 Å². The van der Waals surface area contributed by atoms with Gasteiger partial charge in [-0.25, -0.2) is 4.90 Å². The molecule has 2 bridgehead atoms. The Kier molecular flexibility index (Phi) is 2.60. The van der Waals surface area contributed by atoms with Crippen molar-refractivity contribution in [3.8, 4) is 0 Å². The maximum absolute atomic E-state index is 13.0. The Morgan fingerprint density at radius 3 is 2.61 bits per heavy atom. The molecule has 0 N–H and O–H groups in total. The molecule has 7 nitrogen and oxygen atoms in total. The zero-order valence-corrected chi connectivity index (χ0v) is 12.1. The van der Waals surface area contributed by atoms with E-state index in [0.717, 1.165) is 0 Å². The molecule has 1 aromatic rings. The predicted molar refractivity (Wildman–Crippen MR) is 76.1 cm³/mol. The molecule has 23 heavy (non-hydrogen) atoms. The average molecular weight is 314 g/mol. The number of carbonyl (C=O) groups is 2. The normalized spacial score (nSPS) is 38.8. The largest absolute Gasteiger partial charge is 0.357 e. The standard InChI is InChI=1S/C16H14N2O5/c19-13-11-10-1-4-16(23-10,15-21-7-8-22-15)12(11)14(20)18(13)9-2-5-17-6-3-9/h1-6,10-12,15H,7-8H2/t10-,11+,12-,16-/m1/s1. The molecule has 0 radical (unpaired) electrons. The lowest BCUT2D eigenvalue weighted by molar-refractivity contribution is -0.180. The Morgan fingerprint density at radius 2 is 1.87 bits per heavy atom. The molecule has 4 aliphatic rings. The van der Waals surface area contributed by atoms with Gasteiger partial charge in [0.15, 0.2) is 11.9 Å². The highest BCUT2D eigenvalue weighted by atomic mass is 16.7. The summed E-state index contributed by atoms with van der Waals surface area (Å²) in [7, 11) is 0. The third-order valence-corrected chi connectivity index (χ3v) is 4.99. The van der Waals surface area contributed by atoms with Crippen molar-refractivity contribution in [2.75, 3.05) is 18.1 Å². The van der Waals surface area contributed by atoms with Gasteiger partial charge in [-0.3, -0.25) is 14.6 Å². The molecule has 0 unspecified atom stereocenters. The summed E-state index contributed by atoms with van der Waals surface area (Å²) in [5.74, 6) is -1.63. The number of pyridine rings is 1. The third-order valence-electron chi connectivity index (χ3n) is 4.99. The zero-order chi connectivity index (χ0) is 15.6. The quantitative estimate of drug-likeness (QED) is 0.576. The van der Waals surface area contributed by atoms with E-state index in [0.29, 0.717) is 18.9 Å². The molecule has 5 heterocycles. The van der Waals surface area contributed by atoms with Crippen LogP contribution in [0.15, 0.2) is 36.7 Å². The van der Waals surface area contributed by atoms with E-state index in [-0.39, 0.29) is 11.8 Å². The van der Waals surface area contributed by atoms with Crippen LogP contribution in [0.25, 0.3) is 0 Å².